The summed E-state index contributed by atoms with van der Waals surface area (Å²) < 4.78 is 26.8. The molecule has 0 bridgehead atoms. The van der Waals surface area contributed by atoms with E-state index in [1.165, 1.54) is 0 Å². The van der Waals surface area contributed by atoms with Crippen molar-refractivity contribution in [3.05, 3.63) is 29.8 Å². The molecule has 1 aromatic carbocycles. The number of piperidine rings is 1. The number of benzene rings is 1. The largest absolute Gasteiger partial charge is 0.341 e. The highest BCUT2D eigenvalue weighted by atomic mass is 32.2. The van der Waals surface area contributed by atoms with Gasteiger partial charge in [0.05, 0.1) is 11.4 Å². The average molecular weight is 339 g/mol. The Bertz CT molecular complexity index is 626. The van der Waals surface area contributed by atoms with E-state index < -0.39 is 10.0 Å². The summed E-state index contributed by atoms with van der Waals surface area (Å²) in [6.07, 6.45) is 2.93. The molecule has 3 N–H and O–H groups in total. The van der Waals surface area contributed by atoms with Gasteiger partial charge in [0, 0.05) is 13.1 Å². The molecule has 1 amide bonds. The van der Waals surface area contributed by atoms with Gasteiger partial charge < -0.3 is 10.6 Å². The Kier molecular flexibility index (Phi) is 6.15. The number of nitrogens with zero attached hydrogens (tertiary/aromatic N) is 1. The molecule has 1 aliphatic rings. The minimum atomic E-state index is -3.65. The average Bonchev–Trinajstić information content (AvgIpc) is 2.54. The molecule has 0 aromatic heterocycles. The molecule has 1 fully saturated rings. The van der Waals surface area contributed by atoms with Gasteiger partial charge in [-0.15, -0.1) is 0 Å². The number of sulfonamides is 1. The van der Waals surface area contributed by atoms with Crippen LogP contribution in [0.15, 0.2) is 29.2 Å². The topological polar surface area (TPSA) is 92.5 Å². The number of carbonyl (C=O) groups is 1. The number of carbonyl (C=O) groups excluding carboxylic acids is 1. The van der Waals surface area contributed by atoms with Crippen LogP contribution in [-0.4, -0.2) is 45.4 Å². The van der Waals surface area contributed by atoms with Crippen molar-refractivity contribution in [2.75, 3.05) is 26.2 Å². The van der Waals surface area contributed by atoms with Gasteiger partial charge in [-0.2, -0.15) is 0 Å². The van der Waals surface area contributed by atoms with Crippen LogP contribution >= 0.6 is 0 Å². The Morgan fingerprint density at radius 2 is 2.04 bits per heavy atom. The number of aryl methyl sites for hydroxylation is 1. The van der Waals surface area contributed by atoms with Crippen molar-refractivity contribution in [2.45, 2.75) is 31.1 Å². The molecule has 1 unspecified atom stereocenters. The molecular formula is C16H25N3O3S. The number of hydrogen-bond donors (Lipinski definition) is 2. The highest BCUT2D eigenvalue weighted by molar-refractivity contribution is 7.89. The number of amides is 1. The summed E-state index contributed by atoms with van der Waals surface area (Å²) in [5.74, 6) is 0.244. The standard InChI is InChI=1S/C16H25N3O3S/c1-13-4-6-15(7-5-13)23(21,22)18-11-16(20)19-10-2-3-14(12-19)8-9-17/h4-7,14,18H,2-3,8-12,17H2,1H3. The van der Waals surface area contributed by atoms with E-state index >= 15 is 0 Å². The quantitative estimate of drug-likeness (QED) is 0.804. The maximum atomic E-state index is 12.2. The summed E-state index contributed by atoms with van der Waals surface area (Å²) >= 11 is 0. The zero-order valence-electron chi connectivity index (χ0n) is 13.5. The molecule has 0 aliphatic carbocycles. The van der Waals surface area contributed by atoms with Crippen LogP contribution in [0.2, 0.25) is 0 Å². The van der Waals surface area contributed by atoms with E-state index in [9.17, 15) is 13.2 Å². The van der Waals surface area contributed by atoms with Crippen molar-refractivity contribution in [1.29, 1.82) is 0 Å². The van der Waals surface area contributed by atoms with Crippen LogP contribution in [0.1, 0.15) is 24.8 Å². The summed E-state index contributed by atoms with van der Waals surface area (Å²) in [5.41, 5.74) is 6.56. The van der Waals surface area contributed by atoms with E-state index in [4.69, 9.17) is 5.73 Å². The lowest BCUT2D eigenvalue weighted by Gasteiger charge is -2.32. The summed E-state index contributed by atoms with van der Waals surface area (Å²) in [4.78, 5) is 14.2. The lowest BCUT2D eigenvalue weighted by atomic mass is 9.95. The first-order valence-corrected chi connectivity index (χ1v) is 9.45. The fourth-order valence-corrected chi connectivity index (χ4v) is 3.81. The van der Waals surface area contributed by atoms with E-state index in [-0.39, 0.29) is 17.3 Å². The van der Waals surface area contributed by atoms with Gasteiger partial charge in [0.1, 0.15) is 0 Å². The predicted molar refractivity (Wildman–Crippen MR) is 89.3 cm³/mol. The molecular weight excluding hydrogens is 314 g/mol. The van der Waals surface area contributed by atoms with Crippen LogP contribution in [0.25, 0.3) is 0 Å². The number of hydrogen-bond acceptors (Lipinski definition) is 4. The molecule has 23 heavy (non-hydrogen) atoms. The fourth-order valence-electron chi connectivity index (χ4n) is 2.83. The van der Waals surface area contributed by atoms with E-state index in [0.29, 0.717) is 25.6 Å². The van der Waals surface area contributed by atoms with Gasteiger partial charge in [0.2, 0.25) is 15.9 Å². The Morgan fingerprint density at radius 1 is 1.35 bits per heavy atom. The van der Waals surface area contributed by atoms with Crippen molar-refractivity contribution < 1.29 is 13.2 Å². The summed E-state index contributed by atoms with van der Waals surface area (Å²) in [6.45, 7) is 3.66. The maximum Gasteiger partial charge on any atom is 0.241 e. The van der Waals surface area contributed by atoms with Crippen molar-refractivity contribution >= 4 is 15.9 Å². The van der Waals surface area contributed by atoms with E-state index in [0.717, 1.165) is 24.8 Å². The van der Waals surface area contributed by atoms with E-state index in [2.05, 4.69) is 4.72 Å². The van der Waals surface area contributed by atoms with Crippen LogP contribution in [0.4, 0.5) is 0 Å². The molecule has 1 atom stereocenters. The third kappa shape index (κ3) is 5.02. The van der Waals surface area contributed by atoms with Crippen molar-refractivity contribution in [3.8, 4) is 0 Å². The molecule has 1 aromatic rings. The molecule has 0 saturated carbocycles. The van der Waals surface area contributed by atoms with Gasteiger partial charge in [-0.3, -0.25) is 4.79 Å². The molecule has 2 rings (SSSR count). The molecule has 1 heterocycles. The molecule has 0 radical (unpaired) electrons. The SMILES string of the molecule is Cc1ccc(S(=O)(=O)NCC(=O)N2CCCC(CCN)C2)cc1. The van der Waals surface area contributed by atoms with Crippen LogP contribution in [0.5, 0.6) is 0 Å². The predicted octanol–water partition coefficient (Wildman–Crippen LogP) is 0.861. The summed E-state index contributed by atoms with van der Waals surface area (Å²) in [6, 6.07) is 6.55. The van der Waals surface area contributed by atoms with Crippen LogP contribution < -0.4 is 10.5 Å². The highest BCUT2D eigenvalue weighted by Gasteiger charge is 2.24. The monoisotopic (exact) mass is 339 g/mol. The van der Waals surface area contributed by atoms with Crippen molar-refractivity contribution in [3.63, 3.8) is 0 Å². The summed E-state index contributed by atoms with van der Waals surface area (Å²) in [5, 5.41) is 0. The maximum absolute atomic E-state index is 12.2. The Morgan fingerprint density at radius 3 is 2.70 bits per heavy atom. The highest BCUT2D eigenvalue weighted by Crippen LogP contribution is 2.19. The van der Waals surface area contributed by atoms with E-state index in [1.54, 1.807) is 29.2 Å². The Labute approximate surface area is 138 Å². The number of rotatable bonds is 6. The minimum absolute atomic E-state index is 0.176. The van der Waals surface area contributed by atoms with Gasteiger partial charge in [0.25, 0.3) is 0 Å². The zero-order chi connectivity index (χ0) is 16.9. The number of likely N-dealkylation sites (tertiary alicyclic amines) is 1. The van der Waals surface area contributed by atoms with Gasteiger partial charge in [-0.05, 0) is 50.8 Å². The van der Waals surface area contributed by atoms with Gasteiger partial charge >= 0.3 is 0 Å². The van der Waals surface area contributed by atoms with Crippen molar-refractivity contribution in [1.82, 2.24) is 9.62 Å². The van der Waals surface area contributed by atoms with Crippen LogP contribution in [-0.2, 0) is 14.8 Å². The zero-order valence-corrected chi connectivity index (χ0v) is 14.3. The third-order valence-electron chi connectivity index (χ3n) is 4.19. The molecule has 6 nitrogen and oxygen atoms in total. The molecule has 7 heteroatoms. The molecule has 1 aliphatic heterocycles. The van der Waals surface area contributed by atoms with Gasteiger partial charge in [-0.25, -0.2) is 13.1 Å². The molecule has 1 saturated heterocycles. The first-order chi connectivity index (χ1) is 10.9. The van der Waals surface area contributed by atoms with Gasteiger partial charge in [-0.1, -0.05) is 17.7 Å². The first-order valence-electron chi connectivity index (χ1n) is 7.96. The smallest absolute Gasteiger partial charge is 0.241 e. The molecule has 128 valence electrons. The van der Waals surface area contributed by atoms with Crippen LogP contribution in [0, 0.1) is 12.8 Å². The van der Waals surface area contributed by atoms with Crippen LogP contribution in [0.3, 0.4) is 0 Å². The fraction of sp³-hybridized carbons (Fsp3) is 0.562. The van der Waals surface area contributed by atoms with Crippen molar-refractivity contribution in [2.24, 2.45) is 11.7 Å². The lowest BCUT2D eigenvalue weighted by molar-refractivity contribution is -0.131. The third-order valence-corrected chi connectivity index (χ3v) is 5.61. The second kappa shape index (κ2) is 7.90. The molecule has 0 spiro atoms. The number of nitrogens with one attached hydrogen (secondary N) is 1. The minimum Gasteiger partial charge on any atom is -0.341 e. The summed E-state index contributed by atoms with van der Waals surface area (Å²) in [7, 11) is -3.65. The first kappa shape index (κ1) is 17.9. The van der Waals surface area contributed by atoms with E-state index in [1.807, 2.05) is 6.92 Å². The normalized spacial score (nSPS) is 18.9. The number of nitrogens with two attached hydrogens (primary N) is 1. The lowest BCUT2D eigenvalue weighted by Crippen LogP contribution is -2.45. The van der Waals surface area contributed by atoms with Gasteiger partial charge in [0.15, 0.2) is 0 Å². The Hall–Kier alpha value is -1.44. The second-order valence-corrected chi connectivity index (χ2v) is 7.83. The second-order valence-electron chi connectivity index (χ2n) is 6.06. The Balaban J connectivity index is 1.91.